The number of carboxylic acids is 1. The molecular formula is C12H14O4. The molecule has 4 nitrogen and oxygen atoms in total. The molecular weight excluding hydrogens is 208 g/mol. The van der Waals surface area contributed by atoms with Gasteiger partial charge in [0.05, 0.1) is 5.92 Å². The van der Waals surface area contributed by atoms with Gasteiger partial charge in [-0.2, -0.15) is 0 Å². The van der Waals surface area contributed by atoms with E-state index in [1.54, 1.807) is 18.2 Å². The van der Waals surface area contributed by atoms with Crippen LogP contribution >= 0.6 is 0 Å². The van der Waals surface area contributed by atoms with Crippen LogP contribution in [0, 0.1) is 11.8 Å². The van der Waals surface area contributed by atoms with Crippen LogP contribution in [0.1, 0.15) is 12.8 Å². The SMILES string of the molecule is O=C(O)C(COc1cccc(O)c1)C1CC1. The van der Waals surface area contributed by atoms with E-state index in [1.165, 1.54) is 6.07 Å². The Bertz CT molecular complexity index is 384. The molecule has 2 rings (SSSR count). The van der Waals surface area contributed by atoms with Gasteiger partial charge in [-0.25, -0.2) is 0 Å². The molecule has 1 unspecified atom stereocenters. The van der Waals surface area contributed by atoms with Crippen molar-refractivity contribution >= 4 is 5.97 Å². The van der Waals surface area contributed by atoms with E-state index in [9.17, 15) is 9.90 Å². The van der Waals surface area contributed by atoms with Crippen molar-refractivity contribution in [1.82, 2.24) is 0 Å². The van der Waals surface area contributed by atoms with Crippen molar-refractivity contribution in [1.29, 1.82) is 0 Å². The van der Waals surface area contributed by atoms with Crippen LogP contribution in [-0.4, -0.2) is 22.8 Å². The molecule has 0 saturated heterocycles. The van der Waals surface area contributed by atoms with Crippen LogP contribution in [0.2, 0.25) is 0 Å². The van der Waals surface area contributed by atoms with Gasteiger partial charge in [0.25, 0.3) is 0 Å². The van der Waals surface area contributed by atoms with Crippen LogP contribution in [-0.2, 0) is 4.79 Å². The number of ether oxygens (including phenoxy) is 1. The predicted octanol–water partition coefficient (Wildman–Crippen LogP) is 1.88. The molecule has 1 aromatic carbocycles. The molecule has 0 heterocycles. The summed E-state index contributed by atoms with van der Waals surface area (Å²) in [6.07, 6.45) is 1.95. The first-order valence-electron chi connectivity index (χ1n) is 5.31. The van der Waals surface area contributed by atoms with Crippen LogP contribution in [0.25, 0.3) is 0 Å². The van der Waals surface area contributed by atoms with E-state index in [0.717, 1.165) is 12.8 Å². The lowest BCUT2D eigenvalue weighted by Crippen LogP contribution is -2.23. The molecule has 1 aromatic rings. The highest BCUT2D eigenvalue weighted by atomic mass is 16.5. The Hall–Kier alpha value is -1.71. The summed E-state index contributed by atoms with van der Waals surface area (Å²) in [5.41, 5.74) is 0. The van der Waals surface area contributed by atoms with E-state index in [1.807, 2.05) is 0 Å². The van der Waals surface area contributed by atoms with Crippen LogP contribution < -0.4 is 4.74 Å². The Labute approximate surface area is 93.5 Å². The molecule has 0 aliphatic heterocycles. The average Bonchev–Trinajstić information content (AvgIpc) is 3.02. The molecule has 2 N–H and O–H groups in total. The zero-order chi connectivity index (χ0) is 11.5. The fourth-order valence-electron chi connectivity index (χ4n) is 1.67. The summed E-state index contributed by atoms with van der Waals surface area (Å²) in [5.74, 6) is -0.345. The summed E-state index contributed by atoms with van der Waals surface area (Å²) < 4.78 is 5.37. The maximum absolute atomic E-state index is 10.9. The van der Waals surface area contributed by atoms with E-state index in [2.05, 4.69) is 0 Å². The Morgan fingerprint density at radius 1 is 1.50 bits per heavy atom. The quantitative estimate of drug-likeness (QED) is 0.798. The summed E-state index contributed by atoms with van der Waals surface area (Å²) in [6, 6.07) is 6.39. The number of carbonyl (C=O) groups is 1. The first-order chi connectivity index (χ1) is 7.66. The van der Waals surface area contributed by atoms with Crippen molar-refractivity contribution in [2.24, 2.45) is 11.8 Å². The highest BCUT2D eigenvalue weighted by Gasteiger charge is 2.36. The minimum absolute atomic E-state index is 0.121. The van der Waals surface area contributed by atoms with Gasteiger partial charge in [-0.15, -0.1) is 0 Å². The molecule has 0 spiro atoms. The molecule has 4 heteroatoms. The van der Waals surface area contributed by atoms with E-state index < -0.39 is 11.9 Å². The number of benzene rings is 1. The van der Waals surface area contributed by atoms with Gasteiger partial charge in [-0.05, 0) is 30.9 Å². The lowest BCUT2D eigenvalue weighted by molar-refractivity contribution is -0.143. The third kappa shape index (κ3) is 2.66. The molecule has 1 aliphatic carbocycles. The van der Waals surface area contributed by atoms with Crippen LogP contribution in [0.15, 0.2) is 24.3 Å². The molecule has 1 aliphatic rings. The minimum Gasteiger partial charge on any atom is -0.508 e. The standard InChI is InChI=1S/C12H14O4/c13-9-2-1-3-10(6-9)16-7-11(12(14)15)8-4-5-8/h1-3,6,8,11,13H,4-5,7H2,(H,14,15). The fraction of sp³-hybridized carbons (Fsp3) is 0.417. The minimum atomic E-state index is -0.803. The fourth-order valence-corrected chi connectivity index (χ4v) is 1.67. The number of hydrogen-bond donors (Lipinski definition) is 2. The zero-order valence-corrected chi connectivity index (χ0v) is 8.80. The molecule has 1 fully saturated rings. The van der Waals surface area contributed by atoms with Gasteiger partial charge in [-0.1, -0.05) is 6.07 Å². The van der Waals surface area contributed by atoms with E-state index in [4.69, 9.17) is 9.84 Å². The highest BCUT2D eigenvalue weighted by Crippen LogP contribution is 2.37. The zero-order valence-electron chi connectivity index (χ0n) is 8.80. The predicted molar refractivity (Wildman–Crippen MR) is 57.5 cm³/mol. The summed E-state index contributed by atoms with van der Waals surface area (Å²) in [7, 11) is 0. The van der Waals surface area contributed by atoms with Crippen molar-refractivity contribution in [2.75, 3.05) is 6.61 Å². The Morgan fingerprint density at radius 2 is 2.25 bits per heavy atom. The lowest BCUT2D eigenvalue weighted by atomic mass is 10.1. The largest absolute Gasteiger partial charge is 0.508 e. The third-order valence-corrected chi connectivity index (χ3v) is 2.76. The van der Waals surface area contributed by atoms with Crippen molar-refractivity contribution in [2.45, 2.75) is 12.8 Å². The number of aromatic hydroxyl groups is 1. The molecule has 0 amide bonds. The second kappa shape index (κ2) is 4.43. The molecule has 86 valence electrons. The maximum atomic E-state index is 10.9. The number of rotatable bonds is 5. The normalized spacial score (nSPS) is 16.8. The highest BCUT2D eigenvalue weighted by molar-refractivity contribution is 5.71. The molecule has 1 atom stereocenters. The molecule has 0 aromatic heterocycles. The first-order valence-corrected chi connectivity index (χ1v) is 5.31. The average molecular weight is 222 g/mol. The lowest BCUT2D eigenvalue weighted by Gasteiger charge is -2.12. The second-order valence-corrected chi connectivity index (χ2v) is 4.09. The summed E-state index contributed by atoms with van der Waals surface area (Å²) in [5, 5.41) is 18.2. The van der Waals surface area contributed by atoms with Crippen molar-refractivity contribution in [3.05, 3.63) is 24.3 Å². The second-order valence-electron chi connectivity index (χ2n) is 4.09. The summed E-state index contributed by atoms with van der Waals surface area (Å²) in [4.78, 5) is 10.9. The topological polar surface area (TPSA) is 66.8 Å². The maximum Gasteiger partial charge on any atom is 0.310 e. The van der Waals surface area contributed by atoms with E-state index in [0.29, 0.717) is 5.75 Å². The van der Waals surface area contributed by atoms with Crippen molar-refractivity contribution in [3.8, 4) is 11.5 Å². The van der Waals surface area contributed by atoms with Gasteiger partial charge in [0, 0.05) is 6.07 Å². The van der Waals surface area contributed by atoms with Crippen molar-refractivity contribution < 1.29 is 19.7 Å². The van der Waals surface area contributed by atoms with Crippen LogP contribution in [0.3, 0.4) is 0 Å². The van der Waals surface area contributed by atoms with Gasteiger partial charge >= 0.3 is 5.97 Å². The van der Waals surface area contributed by atoms with Crippen LogP contribution in [0.5, 0.6) is 11.5 Å². The number of phenols is 1. The van der Waals surface area contributed by atoms with Crippen LogP contribution in [0.4, 0.5) is 0 Å². The summed E-state index contributed by atoms with van der Waals surface area (Å²) in [6.45, 7) is 0.170. The molecule has 1 saturated carbocycles. The molecule has 0 bridgehead atoms. The first kappa shape index (κ1) is 10.8. The number of carboxylic acid groups (broad SMARTS) is 1. The number of phenolic OH excluding ortho intramolecular Hbond substituents is 1. The van der Waals surface area contributed by atoms with Gasteiger partial charge in [-0.3, -0.25) is 4.79 Å². The monoisotopic (exact) mass is 222 g/mol. The van der Waals surface area contributed by atoms with Crippen molar-refractivity contribution in [3.63, 3.8) is 0 Å². The number of aliphatic carboxylic acids is 1. The third-order valence-electron chi connectivity index (χ3n) is 2.76. The smallest absolute Gasteiger partial charge is 0.310 e. The molecule has 0 radical (unpaired) electrons. The summed E-state index contributed by atoms with van der Waals surface area (Å²) >= 11 is 0. The van der Waals surface area contributed by atoms with E-state index >= 15 is 0 Å². The Morgan fingerprint density at radius 3 is 2.81 bits per heavy atom. The Kier molecular flexibility index (Phi) is 2.99. The van der Waals surface area contributed by atoms with Gasteiger partial charge in [0.2, 0.25) is 0 Å². The Balaban J connectivity index is 1.92. The van der Waals surface area contributed by atoms with Gasteiger partial charge < -0.3 is 14.9 Å². The molecule has 16 heavy (non-hydrogen) atoms. The van der Waals surface area contributed by atoms with E-state index in [-0.39, 0.29) is 18.3 Å². The van der Waals surface area contributed by atoms with Gasteiger partial charge in [0.1, 0.15) is 18.1 Å². The number of hydrogen-bond acceptors (Lipinski definition) is 3. The van der Waals surface area contributed by atoms with Gasteiger partial charge in [0.15, 0.2) is 0 Å².